The van der Waals surface area contributed by atoms with E-state index in [1.54, 1.807) is 0 Å². The van der Waals surface area contributed by atoms with E-state index in [4.69, 9.17) is 4.42 Å². The van der Waals surface area contributed by atoms with Crippen LogP contribution in [0.15, 0.2) is 40.9 Å². The summed E-state index contributed by atoms with van der Waals surface area (Å²) in [5.41, 5.74) is -0.165. The molecule has 2 amide bonds. The first kappa shape index (κ1) is 27.5. The molecular weight excluding hydrogens is 483 g/mol. The number of carbonyl (C=O) groups is 3. The Morgan fingerprint density at radius 3 is 2.43 bits per heavy atom. The molecule has 3 aromatic rings. The van der Waals surface area contributed by atoms with E-state index in [0.717, 1.165) is 4.90 Å². The van der Waals surface area contributed by atoms with Gasteiger partial charge in [0.1, 0.15) is 17.7 Å². The van der Waals surface area contributed by atoms with E-state index in [1.807, 2.05) is 27.7 Å². The molecule has 12 heteroatoms. The number of hydrogen-bond donors (Lipinski definition) is 3. The van der Waals surface area contributed by atoms with Crippen molar-refractivity contribution < 1.29 is 28.3 Å². The summed E-state index contributed by atoms with van der Waals surface area (Å²) in [4.78, 5) is 39.7. The summed E-state index contributed by atoms with van der Waals surface area (Å²) in [6.45, 7) is 7.40. The third-order valence-corrected chi connectivity index (χ3v) is 5.92. The molecule has 3 N–H and O–H groups in total. The molecule has 0 aliphatic carbocycles. The van der Waals surface area contributed by atoms with Crippen molar-refractivity contribution in [1.29, 1.82) is 0 Å². The highest BCUT2D eigenvalue weighted by Crippen LogP contribution is 2.31. The Balaban J connectivity index is 1.92. The molecule has 0 saturated heterocycles. The minimum Gasteiger partial charge on any atom is -0.465 e. The number of Topliss-reactive ketones (excluding diaryl/α,β-unsaturated/α-hetero) is 1. The SMILES string of the molecule is CCCC[C@@H](C(=O)C(=O)Nc1ccn[nH]1)N(C(=O)O)[C@H](Cc1nnc(-c2ccc(F)cc2)o1)C(C)(C)C. The molecule has 0 unspecified atom stereocenters. The number of H-pyrrole nitrogens is 1. The van der Waals surface area contributed by atoms with Crippen molar-refractivity contribution in [3.05, 3.63) is 48.2 Å². The van der Waals surface area contributed by atoms with Crippen molar-refractivity contribution >= 4 is 23.6 Å². The Bertz CT molecular complexity index is 1200. The number of nitrogens with one attached hydrogen (secondary N) is 2. The van der Waals surface area contributed by atoms with Gasteiger partial charge in [-0.2, -0.15) is 5.10 Å². The van der Waals surface area contributed by atoms with E-state index in [9.17, 15) is 23.9 Å². The molecule has 11 nitrogen and oxygen atoms in total. The standard InChI is InChI=1S/C25H31FN6O5/c1-5-6-7-17(21(33)22(34)28-19-12-13-27-29-19)32(24(35)36)18(25(2,3)4)14-20-30-31-23(37-20)15-8-10-16(26)11-9-15/h8-13,17-18H,5-7,14H2,1-4H3,(H,35,36)(H2,27,28,29,34)/t17-,18+/m0/s1. The molecule has 37 heavy (non-hydrogen) atoms. The van der Waals surface area contributed by atoms with Gasteiger partial charge in [-0.1, -0.05) is 40.5 Å². The smallest absolute Gasteiger partial charge is 0.408 e. The van der Waals surface area contributed by atoms with Crippen LogP contribution >= 0.6 is 0 Å². The number of amides is 2. The van der Waals surface area contributed by atoms with Crippen LogP contribution in [0.4, 0.5) is 15.0 Å². The third-order valence-electron chi connectivity index (χ3n) is 5.92. The second kappa shape index (κ2) is 11.8. The Labute approximate surface area is 213 Å². The summed E-state index contributed by atoms with van der Waals surface area (Å²) in [5.74, 6) is -1.71. The van der Waals surface area contributed by atoms with E-state index in [0.29, 0.717) is 18.4 Å². The third kappa shape index (κ3) is 6.99. The normalized spacial score (nSPS) is 13.1. The predicted molar refractivity (Wildman–Crippen MR) is 132 cm³/mol. The first-order valence-electron chi connectivity index (χ1n) is 12.0. The zero-order valence-corrected chi connectivity index (χ0v) is 21.2. The lowest BCUT2D eigenvalue weighted by atomic mass is 9.82. The van der Waals surface area contributed by atoms with Crippen molar-refractivity contribution in [2.75, 3.05) is 5.32 Å². The first-order valence-corrected chi connectivity index (χ1v) is 12.0. The first-order chi connectivity index (χ1) is 17.5. The van der Waals surface area contributed by atoms with Crippen molar-refractivity contribution in [2.45, 2.75) is 65.5 Å². The maximum Gasteiger partial charge on any atom is 0.408 e. The Morgan fingerprint density at radius 1 is 1.16 bits per heavy atom. The largest absolute Gasteiger partial charge is 0.465 e. The average molecular weight is 515 g/mol. The summed E-state index contributed by atoms with van der Waals surface area (Å²) < 4.78 is 19.0. The van der Waals surface area contributed by atoms with Gasteiger partial charge in [0, 0.05) is 24.1 Å². The fraction of sp³-hybridized carbons (Fsp3) is 0.440. The molecule has 3 rings (SSSR count). The van der Waals surface area contributed by atoms with E-state index in [2.05, 4.69) is 25.7 Å². The van der Waals surface area contributed by atoms with Gasteiger partial charge in [0.25, 0.3) is 5.91 Å². The predicted octanol–water partition coefficient (Wildman–Crippen LogP) is 4.30. The quantitative estimate of drug-likeness (QED) is 0.320. The molecule has 0 spiro atoms. The summed E-state index contributed by atoms with van der Waals surface area (Å²) in [6, 6.07) is 4.97. The van der Waals surface area contributed by atoms with Gasteiger partial charge in [0.2, 0.25) is 17.6 Å². The lowest BCUT2D eigenvalue weighted by molar-refractivity contribution is -0.139. The van der Waals surface area contributed by atoms with Gasteiger partial charge in [0.15, 0.2) is 0 Å². The van der Waals surface area contributed by atoms with Crippen LogP contribution < -0.4 is 5.32 Å². The number of benzene rings is 1. The number of rotatable bonds is 11. The molecule has 1 aromatic carbocycles. The minimum atomic E-state index is -1.35. The van der Waals surface area contributed by atoms with E-state index < -0.39 is 41.1 Å². The van der Waals surface area contributed by atoms with Crippen molar-refractivity contribution in [2.24, 2.45) is 5.41 Å². The number of nitrogens with zero attached hydrogens (tertiary/aromatic N) is 4. The molecule has 0 saturated carbocycles. The second-order valence-corrected chi connectivity index (χ2v) is 9.73. The molecule has 0 aliphatic rings. The van der Waals surface area contributed by atoms with Crippen LogP contribution in [0.1, 0.15) is 52.8 Å². The molecule has 2 heterocycles. The van der Waals surface area contributed by atoms with Crippen LogP contribution in [0, 0.1) is 11.2 Å². The lowest BCUT2D eigenvalue weighted by Gasteiger charge is -2.41. The molecule has 0 fully saturated rings. The van der Waals surface area contributed by atoms with Gasteiger partial charge in [-0.15, -0.1) is 10.2 Å². The van der Waals surface area contributed by atoms with Gasteiger partial charge in [0.05, 0.1) is 6.20 Å². The molecule has 0 bridgehead atoms. The fourth-order valence-electron chi connectivity index (χ4n) is 3.97. The van der Waals surface area contributed by atoms with E-state index in [-0.39, 0.29) is 30.4 Å². The summed E-state index contributed by atoms with van der Waals surface area (Å²) in [7, 11) is 0. The number of halogens is 1. The van der Waals surface area contributed by atoms with Crippen molar-refractivity contribution in [1.82, 2.24) is 25.3 Å². The number of carboxylic acid groups (broad SMARTS) is 1. The minimum absolute atomic E-state index is 0.00205. The number of ketones is 1. The summed E-state index contributed by atoms with van der Waals surface area (Å²) >= 11 is 0. The number of aromatic amines is 1. The van der Waals surface area contributed by atoms with Crippen LogP contribution in [-0.2, 0) is 16.0 Å². The highest BCUT2D eigenvalue weighted by atomic mass is 19.1. The van der Waals surface area contributed by atoms with E-state index in [1.165, 1.54) is 36.5 Å². The van der Waals surface area contributed by atoms with Gasteiger partial charge < -0.3 is 14.8 Å². The van der Waals surface area contributed by atoms with Crippen molar-refractivity contribution in [3.8, 4) is 11.5 Å². The van der Waals surface area contributed by atoms with Crippen LogP contribution in [-0.4, -0.2) is 60.3 Å². The van der Waals surface area contributed by atoms with Crippen LogP contribution in [0.3, 0.4) is 0 Å². The Kier molecular flexibility index (Phi) is 8.74. The zero-order valence-electron chi connectivity index (χ0n) is 21.2. The Hall–Kier alpha value is -4.09. The molecular formula is C25H31FN6O5. The number of anilines is 1. The summed E-state index contributed by atoms with van der Waals surface area (Å²) in [6.07, 6.45) is 1.46. The number of hydrogen-bond acceptors (Lipinski definition) is 7. The van der Waals surface area contributed by atoms with Gasteiger partial charge in [-0.25, -0.2) is 9.18 Å². The van der Waals surface area contributed by atoms with Crippen LogP contribution in [0.25, 0.3) is 11.5 Å². The Morgan fingerprint density at radius 2 is 1.86 bits per heavy atom. The number of carbonyl (C=O) groups excluding carboxylic acids is 2. The van der Waals surface area contributed by atoms with E-state index >= 15 is 0 Å². The lowest BCUT2D eigenvalue weighted by Crippen LogP contribution is -2.57. The molecule has 198 valence electrons. The highest BCUT2D eigenvalue weighted by Gasteiger charge is 2.43. The number of unbranched alkanes of at least 4 members (excludes halogenated alkanes) is 1. The maximum atomic E-state index is 13.3. The highest BCUT2D eigenvalue weighted by molar-refractivity contribution is 6.42. The van der Waals surface area contributed by atoms with Crippen molar-refractivity contribution in [3.63, 3.8) is 0 Å². The zero-order chi connectivity index (χ0) is 27.2. The molecule has 0 radical (unpaired) electrons. The topological polar surface area (TPSA) is 154 Å². The summed E-state index contributed by atoms with van der Waals surface area (Å²) in [5, 5.41) is 27.0. The average Bonchev–Trinajstić information content (AvgIpc) is 3.52. The van der Waals surface area contributed by atoms with Gasteiger partial charge in [-0.05, 0) is 36.1 Å². The molecule has 2 atom stereocenters. The monoisotopic (exact) mass is 514 g/mol. The van der Waals surface area contributed by atoms with Crippen LogP contribution in [0.5, 0.6) is 0 Å². The molecule has 2 aromatic heterocycles. The fourth-order valence-corrected chi connectivity index (χ4v) is 3.97. The number of aromatic nitrogens is 4. The van der Waals surface area contributed by atoms with Gasteiger partial charge in [-0.3, -0.25) is 19.6 Å². The van der Waals surface area contributed by atoms with Gasteiger partial charge >= 0.3 is 6.09 Å². The molecule has 0 aliphatic heterocycles. The van der Waals surface area contributed by atoms with Crippen LogP contribution in [0.2, 0.25) is 0 Å². The maximum absolute atomic E-state index is 13.3. The second-order valence-electron chi connectivity index (χ2n) is 9.73.